The van der Waals surface area contributed by atoms with Gasteiger partial charge in [0.25, 0.3) is 0 Å². The van der Waals surface area contributed by atoms with Gasteiger partial charge in [0.2, 0.25) is 41.4 Å². The minimum atomic E-state index is -1.68. The van der Waals surface area contributed by atoms with E-state index in [2.05, 4.69) is 37.2 Å². The van der Waals surface area contributed by atoms with Crippen molar-refractivity contribution >= 4 is 53.4 Å². The molecule has 0 radical (unpaired) electrons. The summed E-state index contributed by atoms with van der Waals surface area (Å²) in [6.45, 7) is 7.19. The highest BCUT2D eigenvalue weighted by atomic mass is 16.5. The number of phenolic OH excluding ortho intramolecular Hbond substituents is 1. The number of nitrogens with two attached hydrogens (primary N) is 1. The second-order valence-corrected chi connectivity index (χ2v) is 17.7. The number of esters is 1. The van der Waals surface area contributed by atoms with Gasteiger partial charge in [-0.15, -0.1) is 0 Å². The van der Waals surface area contributed by atoms with Crippen LogP contribution in [0.1, 0.15) is 63.3 Å². The fourth-order valence-electron chi connectivity index (χ4n) is 7.02. The van der Waals surface area contributed by atoms with Crippen molar-refractivity contribution < 1.29 is 57.7 Å². The number of benzene rings is 4. The summed E-state index contributed by atoms with van der Waals surface area (Å²) in [5.41, 5.74) is 7.66. The van der Waals surface area contributed by atoms with Gasteiger partial charge in [-0.1, -0.05) is 131 Å². The zero-order chi connectivity index (χ0) is 52.7. The van der Waals surface area contributed by atoms with Gasteiger partial charge in [-0.3, -0.25) is 38.4 Å². The number of rotatable bonds is 26. The molecule has 0 aliphatic rings. The fourth-order valence-corrected chi connectivity index (χ4v) is 7.02. The van der Waals surface area contributed by atoms with Crippen LogP contribution >= 0.6 is 0 Å². The highest BCUT2D eigenvalue weighted by Crippen LogP contribution is 2.14. The van der Waals surface area contributed by atoms with Crippen LogP contribution < -0.4 is 43.0 Å². The van der Waals surface area contributed by atoms with E-state index < -0.39 is 114 Å². The van der Waals surface area contributed by atoms with Crippen LogP contribution in [-0.4, -0.2) is 101 Å². The first-order valence-corrected chi connectivity index (χ1v) is 23.4. The molecule has 4 rings (SSSR count). The Hall–Kier alpha value is -8.29. The molecule has 0 aliphatic heterocycles. The predicted molar refractivity (Wildman–Crippen MR) is 264 cm³/mol. The Labute approximate surface area is 417 Å². The lowest BCUT2D eigenvalue weighted by Gasteiger charge is -2.29. The van der Waals surface area contributed by atoms with E-state index >= 15 is 0 Å². The van der Waals surface area contributed by atoms with Crippen LogP contribution in [0.4, 0.5) is 4.79 Å². The Morgan fingerprint density at radius 3 is 1.43 bits per heavy atom. The largest absolute Gasteiger partial charge is 0.508 e. The van der Waals surface area contributed by atoms with Gasteiger partial charge >= 0.3 is 12.1 Å². The molecule has 20 nitrogen and oxygen atoms in total. The van der Waals surface area contributed by atoms with E-state index in [1.54, 1.807) is 131 Å². The summed E-state index contributed by atoms with van der Waals surface area (Å²) < 4.78 is 10.8. The second kappa shape index (κ2) is 28.4. The average molecular weight is 993 g/mol. The summed E-state index contributed by atoms with van der Waals surface area (Å²) >= 11 is 0. The molecule has 0 bridgehead atoms. The lowest BCUT2D eigenvalue weighted by Crippen LogP contribution is -2.61. The van der Waals surface area contributed by atoms with Crippen LogP contribution in [0.15, 0.2) is 115 Å². The summed E-state index contributed by atoms with van der Waals surface area (Å²) in [6, 6.07) is 23.9. The first-order chi connectivity index (χ1) is 34.3. The molecule has 20 heteroatoms. The second-order valence-electron chi connectivity index (χ2n) is 17.7. The molecule has 8 amide bonds. The molecule has 0 aliphatic carbocycles. The Bertz CT molecular complexity index is 2460. The normalized spacial score (nSPS) is 13.4. The van der Waals surface area contributed by atoms with E-state index in [0.717, 1.165) is 0 Å². The maximum Gasteiger partial charge on any atom is 0.408 e. The third kappa shape index (κ3) is 19.2. The molecule has 10 N–H and O–H groups in total. The summed E-state index contributed by atoms with van der Waals surface area (Å²) in [4.78, 5) is 121. The molecule has 0 unspecified atom stereocenters. The van der Waals surface area contributed by atoms with Crippen molar-refractivity contribution in [2.45, 2.75) is 103 Å². The molecule has 0 fully saturated rings. The third-order valence-electron chi connectivity index (χ3n) is 11.0. The summed E-state index contributed by atoms with van der Waals surface area (Å²) in [5, 5.41) is 27.7. The molecule has 0 heterocycles. The smallest absolute Gasteiger partial charge is 0.408 e. The SMILES string of the molecule is CC(C)[C@H](NC(=O)[C@H](CC(=O)OCc1ccccc1)NC(=O)[C@H](Cc1ccccc1)NC(=O)[C@@H](C)NC(=O)[C@H](Cc1ccc(O)cc1)NC(=O)OCc1ccccc1)C(=O)N[C@H](C(=O)NCC(N)=O)C(C)C. The molecule has 4 aromatic carbocycles. The number of hydrogen-bond acceptors (Lipinski definition) is 12. The highest BCUT2D eigenvalue weighted by molar-refractivity contribution is 5.98. The number of carbonyl (C=O) groups excluding carboxylic acids is 9. The molecule has 72 heavy (non-hydrogen) atoms. The van der Waals surface area contributed by atoms with Crippen LogP contribution in [0.3, 0.4) is 0 Å². The van der Waals surface area contributed by atoms with Crippen LogP contribution in [0.2, 0.25) is 0 Å². The standard InChI is InChI=1S/C52H64N8O12/c1-31(2)44(50(68)54-28-42(53)62)60-51(69)45(32(3)4)59-49(67)41(27-43(63)71-29-36-17-11-7-12-18-36)57-48(66)39(25-34-15-9-6-10-16-34)56-46(64)33(5)55-47(65)40(26-35-21-23-38(61)24-22-35)58-52(70)72-30-37-19-13-8-14-20-37/h6-24,31-33,39-41,44-45,61H,25-30H2,1-5H3,(H2,53,62)(H,54,68)(H,55,65)(H,56,64)(H,57,66)(H,58,70)(H,59,67)(H,60,69)/t33-,39+,40+,41+,44+,45+/m1/s1. The summed E-state index contributed by atoms with van der Waals surface area (Å²) in [5.74, 6) is -7.78. The number of nitrogens with one attached hydrogen (secondary N) is 7. The lowest BCUT2D eigenvalue weighted by molar-refractivity contribution is -0.148. The minimum Gasteiger partial charge on any atom is -0.508 e. The van der Waals surface area contributed by atoms with Crippen LogP contribution in [0.25, 0.3) is 0 Å². The van der Waals surface area contributed by atoms with E-state index in [9.17, 15) is 48.3 Å². The number of primary amides is 1. The third-order valence-corrected chi connectivity index (χ3v) is 11.0. The fraction of sp³-hybridized carbons (Fsp3) is 0.365. The maximum absolute atomic E-state index is 14.4. The van der Waals surface area contributed by atoms with Crippen LogP contribution in [0.5, 0.6) is 5.75 Å². The van der Waals surface area contributed by atoms with Gasteiger partial charge in [-0.25, -0.2) is 4.79 Å². The number of carbonyl (C=O) groups is 9. The molecule has 384 valence electrons. The minimum absolute atomic E-state index is 0.0190. The van der Waals surface area contributed by atoms with Gasteiger partial charge < -0.3 is 57.5 Å². The lowest BCUT2D eigenvalue weighted by atomic mass is 9.99. The van der Waals surface area contributed by atoms with Gasteiger partial charge in [0.05, 0.1) is 13.0 Å². The van der Waals surface area contributed by atoms with Crippen LogP contribution in [-0.2, 0) is 73.9 Å². The Balaban J connectivity index is 1.56. The zero-order valence-electron chi connectivity index (χ0n) is 40.8. The molecule has 6 atom stereocenters. The molecular formula is C52H64N8O12. The van der Waals surface area contributed by atoms with E-state index in [4.69, 9.17) is 15.2 Å². The first kappa shape index (κ1) is 56.3. The Morgan fingerprint density at radius 2 is 0.903 bits per heavy atom. The van der Waals surface area contributed by atoms with E-state index in [-0.39, 0.29) is 31.8 Å². The number of hydrogen-bond donors (Lipinski definition) is 9. The molecule has 0 spiro atoms. The molecular weight excluding hydrogens is 929 g/mol. The van der Waals surface area contributed by atoms with Gasteiger partial charge in [0.1, 0.15) is 55.2 Å². The van der Waals surface area contributed by atoms with Crippen molar-refractivity contribution in [1.29, 1.82) is 0 Å². The van der Waals surface area contributed by atoms with Gasteiger partial charge in [-0.05, 0) is 53.1 Å². The van der Waals surface area contributed by atoms with Gasteiger partial charge in [-0.2, -0.15) is 0 Å². The number of alkyl carbamates (subject to hydrolysis) is 1. The van der Waals surface area contributed by atoms with Gasteiger partial charge in [0, 0.05) is 12.8 Å². The van der Waals surface area contributed by atoms with Crippen molar-refractivity contribution in [2.24, 2.45) is 17.6 Å². The molecule has 4 aromatic rings. The molecule has 0 saturated carbocycles. The van der Waals surface area contributed by atoms with Gasteiger partial charge in [0.15, 0.2) is 0 Å². The average Bonchev–Trinajstić information content (AvgIpc) is 3.35. The molecule has 0 saturated heterocycles. The number of ether oxygens (including phenoxy) is 2. The van der Waals surface area contributed by atoms with Crippen molar-refractivity contribution in [3.8, 4) is 5.75 Å². The van der Waals surface area contributed by atoms with E-state index in [1.165, 1.54) is 19.1 Å². The van der Waals surface area contributed by atoms with Crippen molar-refractivity contribution in [3.63, 3.8) is 0 Å². The summed E-state index contributed by atoms with van der Waals surface area (Å²) in [6.07, 6.45) is -1.83. The Morgan fingerprint density at radius 1 is 0.472 bits per heavy atom. The topological polar surface area (TPSA) is 303 Å². The predicted octanol–water partition coefficient (Wildman–Crippen LogP) is 1.96. The quantitative estimate of drug-likeness (QED) is 0.0408. The number of phenols is 1. The first-order valence-electron chi connectivity index (χ1n) is 23.4. The molecule has 0 aromatic heterocycles. The maximum atomic E-state index is 14.4. The van der Waals surface area contributed by atoms with E-state index in [0.29, 0.717) is 22.3 Å². The van der Waals surface area contributed by atoms with Crippen LogP contribution in [0, 0.1) is 11.8 Å². The highest BCUT2D eigenvalue weighted by Gasteiger charge is 2.35. The van der Waals surface area contributed by atoms with E-state index in [1.807, 2.05) is 0 Å². The van der Waals surface area contributed by atoms with Crippen molar-refractivity contribution in [1.82, 2.24) is 37.2 Å². The monoisotopic (exact) mass is 992 g/mol. The Kier molecular flexibility index (Phi) is 22.2. The van der Waals surface area contributed by atoms with Crippen molar-refractivity contribution in [2.75, 3.05) is 6.54 Å². The zero-order valence-corrected chi connectivity index (χ0v) is 40.8. The van der Waals surface area contributed by atoms with Crippen molar-refractivity contribution in [3.05, 3.63) is 138 Å². The number of amides is 8. The summed E-state index contributed by atoms with van der Waals surface area (Å²) in [7, 11) is 0. The number of aromatic hydroxyl groups is 1.